The molecule has 2 amide bonds. The molecule has 1 aromatic carbocycles. The largest absolute Gasteiger partial charge is 0.473 e. The van der Waals surface area contributed by atoms with E-state index in [4.69, 9.17) is 4.74 Å². The average Bonchev–Trinajstić information content (AvgIpc) is 2.33. The van der Waals surface area contributed by atoms with Crippen molar-refractivity contribution in [2.45, 2.75) is 34.1 Å². The fourth-order valence-corrected chi connectivity index (χ4v) is 1.53. The second kappa shape index (κ2) is 7.67. The molecule has 1 rings (SSSR count). The zero-order valence-electron chi connectivity index (χ0n) is 12.2. The quantitative estimate of drug-likeness (QED) is 0.776. The van der Waals surface area contributed by atoms with Gasteiger partial charge in [0, 0.05) is 6.54 Å². The fourth-order valence-electron chi connectivity index (χ4n) is 1.53. The second-order valence-electron chi connectivity index (χ2n) is 5.15. The Morgan fingerprint density at radius 3 is 2.58 bits per heavy atom. The van der Waals surface area contributed by atoms with Crippen LogP contribution >= 0.6 is 0 Å². The van der Waals surface area contributed by atoms with E-state index in [0.29, 0.717) is 12.5 Å². The first-order chi connectivity index (χ1) is 8.99. The van der Waals surface area contributed by atoms with E-state index in [1.165, 1.54) is 11.1 Å². The number of amides is 2. The first-order valence-corrected chi connectivity index (χ1v) is 6.71. The molecule has 0 aromatic heterocycles. The maximum absolute atomic E-state index is 11.4. The minimum absolute atomic E-state index is 0.177. The van der Waals surface area contributed by atoms with E-state index in [-0.39, 0.29) is 12.8 Å². The average molecular weight is 264 g/mol. The minimum atomic E-state index is -0.190. The molecule has 4 heteroatoms. The second-order valence-corrected chi connectivity index (χ2v) is 5.15. The smallest absolute Gasteiger partial charge is 0.317 e. The van der Waals surface area contributed by atoms with Crippen LogP contribution in [-0.4, -0.2) is 19.3 Å². The van der Waals surface area contributed by atoms with Gasteiger partial charge in [0.2, 0.25) is 0 Å². The van der Waals surface area contributed by atoms with Crippen LogP contribution in [0.25, 0.3) is 0 Å². The summed E-state index contributed by atoms with van der Waals surface area (Å²) in [6.07, 6.45) is 0.978. The van der Waals surface area contributed by atoms with Gasteiger partial charge in [-0.3, -0.25) is 0 Å². The molecule has 0 spiro atoms. The molecule has 1 aromatic rings. The monoisotopic (exact) mass is 264 g/mol. The summed E-state index contributed by atoms with van der Waals surface area (Å²) in [6, 6.07) is 5.69. The van der Waals surface area contributed by atoms with Crippen LogP contribution in [0, 0.1) is 19.8 Å². The summed E-state index contributed by atoms with van der Waals surface area (Å²) < 4.78 is 5.47. The lowest BCUT2D eigenvalue weighted by Gasteiger charge is -2.11. The maximum Gasteiger partial charge on any atom is 0.317 e. The van der Waals surface area contributed by atoms with Gasteiger partial charge in [-0.2, -0.15) is 0 Å². The molecule has 0 aliphatic rings. The molecule has 0 aliphatic heterocycles. The Morgan fingerprint density at radius 2 is 1.95 bits per heavy atom. The van der Waals surface area contributed by atoms with Crippen molar-refractivity contribution in [2.75, 3.05) is 13.3 Å². The Labute approximate surface area is 115 Å². The highest BCUT2D eigenvalue weighted by molar-refractivity contribution is 5.73. The Bertz CT molecular complexity index is 417. The number of carbonyl (C=O) groups is 1. The molecule has 19 heavy (non-hydrogen) atoms. The summed E-state index contributed by atoms with van der Waals surface area (Å²) in [5.74, 6) is 1.36. The van der Waals surface area contributed by atoms with Gasteiger partial charge in [0.05, 0.1) is 0 Å². The van der Waals surface area contributed by atoms with Crippen LogP contribution in [0.4, 0.5) is 4.79 Å². The normalized spacial score (nSPS) is 10.4. The number of benzene rings is 1. The SMILES string of the molecule is Cc1ccc(OCNC(=O)NCCC(C)C)cc1C. The highest BCUT2D eigenvalue weighted by Crippen LogP contribution is 2.15. The molecule has 0 fully saturated rings. The van der Waals surface area contributed by atoms with E-state index in [2.05, 4.69) is 31.4 Å². The molecule has 2 N–H and O–H groups in total. The number of aryl methyl sites for hydroxylation is 2. The highest BCUT2D eigenvalue weighted by Gasteiger charge is 2.01. The third kappa shape index (κ3) is 6.13. The van der Waals surface area contributed by atoms with Crippen molar-refractivity contribution in [3.05, 3.63) is 29.3 Å². The molecular formula is C15H24N2O2. The lowest BCUT2D eigenvalue weighted by molar-refractivity contribution is 0.223. The van der Waals surface area contributed by atoms with Crippen molar-refractivity contribution in [1.82, 2.24) is 10.6 Å². The van der Waals surface area contributed by atoms with E-state index in [1.807, 2.05) is 25.1 Å². The number of carbonyl (C=O) groups excluding carboxylic acids is 1. The first kappa shape index (κ1) is 15.3. The van der Waals surface area contributed by atoms with E-state index in [0.717, 1.165) is 12.2 Å². The molecule has 4 nitrogen and oxygen atoms in total. The summed E-state index contributed by atoms with van der Waals surface area (Å²) >= 11 is 0. The molecular weight excluding hydrogens is 240 g/mol. The molecule has 0 aliphatic carbocycles. The van der Waals surface area contributed by atoms with Crippen LogP contribution in [-0.2, 0) is 0 Å². The summed E-state index contributed by atoms with van der Waals surface area (Å²) in [7, 11) is 0. The van der Waals surface area contributed by atoms with Crippen molar-refractivity contribution in [1.29, 1.82) is 0 Å². The van der Waals surface area contributed by atoms with Crippen LogP contribution in [0.3, 0.4) is 0 Å². The lowest BCUT2D eigenvalue weighted by Crippen LogP contribution is -2.38. The molecule has 0 bridgehead atoms. The predicted molar refractivity (Wildman–Crippen MR) is 77.4 cm³/mol. The van der Waals surface area contributed by atoms with Crippen molar-refractivity contribution in [2.24, 2.45) is 5.92 Å². The Hall–Kier alpha value is -1.71. The van der Waals surface area contributed by atoms with Crippen molar-refractivity contribution in [3.8, 4) is 5.75 Å². The van der Waals surface area contributed by atoms with Gasteiger partial charge < -0.3 is 15.4 Å². The van der Waals surface area contributed by atoms with E-state index in [1.54, 1.807) is 0 Å². The van der Waals surface area contributed by atoms with E-state index < -0.39 is 0 Å². The summed E-state index contributed by atoms with van der Waals surface area (Å²) in [5.41, 5.74) is 2.41. The van der Waals surface area contributed by atoms with Crippen molar-refractivity contribution < 1.29 is 9.53 Å². The molecule has 106 valence electrons. The zero-order chi connectivity index (χ0) is 14.3. The van der Waals surface area contributed by atoms with Gasteiger partial charge in [0.25, 0.3) is 0 Å². The molecule has 0 saturated carbocycles. The first-order valence-electron chi connectivity index (χ1n) is 6.71. The lowest BCUT2D eigenvalue weighted by atomic mass is 10.1. The summed E-state index contributed by atoms with van der Waals surface area (Å²) in [6.45, 7) is 9.21. The number of rotatable bonds is 6. The molecule has 0 saturated heterocycles. The van der Waals surface area contributed by atoms with Crippen LogP contribution in [0.2, 0.25) is 0 Å². The van der Waals surface area contributed by atoms with Gasteiger partial charge in [0.1, 0.15) is 5.75 Å². The van der Waals surface area contributed by atoms with E-state index in [9.17, 15) is 4.79 Å². The highest BCUT2D eigenvalue weighted by atomic mass is 16.5. The molecule has 0 unspecified atom stereocenters. The number of ether oxygens (including phenoxy) is 1. The van der Waals surface area contributed by atoms with Gasteiger partial charge in [-0.05, 0) is 49.4 Å². The van der Waals surface area contributed by atoms with Crippen molar-refractivity contribution >= 4 is 6.03 Å². The number of hydrogen-bond donors (Lipinski definition) is 2. The van der Waals surface area contributed by atoms with Gasteiger partial charge >= 0.3 is 6.03 Å². The number of urea groups is 1. The van der Waals surface area contributed by atoms with Gasteiger partial charge in [-0.15, -0.1) is 0 Å². The number of hydrogen-bond acceptors (Lipinski definition) is 2. The van der Waals surface area contributed by atoms with Gasteiger partial charge in [-0.1, -0.05) is 19.9 Å². The Morgan fingerprint density at radius 1 is 1.21 bits per heavy atom. The van der Waals surface area contributed by atoms with Crippen LogP contribution < -0.4 is 15.4 Å². The third-order valence-electron chi connectivity index (χ3n) is 2.96. The third-order valence-corrected chi connectivity index (χ3v) is 2.96. The molecule has 0 atom stereocenters. The fraction of sp³-hybridized carbons (Fsp3) is 0.533. The Kier molecular flexibility index (Phi) is 6.19. The van der Waals surface area contributed by atoms with Crippen molar-refractivity contribution in [3.63, 3.8) is 0 Å². The van der Waals surface area contributed by atoms with Gasteiger partial charge in [0.15, 0.2) is 6.73 Å². The minimum Gasteiger partial charge on any atom is -0.473 e. The molecule has 0 heterocycles. The standard InChI is InChI=1S/C15H24N2O2/c1-11(2)7-8-16-15(18)17-10-19-14-6-5-12(3)13(4)9-14/h5-6,9,11H,7-8,10H2,1-4H3,(H2,16,17,18). The predicted octanol–water partition coefficient (Wildman–Crippen LogP) is 2.99. The zero-order valence-corrected chi connectivity index (χ0v) is 12.2. The topological polar surface area (TPSA) is 50.4 Å². The van der Waals surface area contributed by atoms with Gasteiger partial charge in [-0.25, -0.2) is 4.79 Å². The number of nitrogens with one attached hydrogen (secondary N) is 2. The molecule has 0 radical (unpaired) electrons. The Balaban J connectivity index is 2.22. The summed E-state index contributed by atoms with van der Waals surface area (Å²) in [4.78, 5) is 11.4. The van der Waals surface area contributed by atoms with E-state index >= 15 is 0 Å². The van der Waals surface area contributed by atoms with Crippen LogP contribution in [0.5, 0.6) is 5.75 Å². The maximum atomic E-state index is 11.4. The van der Waals surface area contributed by atoms with Crippen LogP contribution in [0.15, 0.2) is 18.2 Å². The summed E-state index contributed by atoms with van der Waals surface area (Å²) in [5, 5.41) is 5.46. The van der Waals surface area contributed by atoms with Crippen LogP contribution in [0.1, 0.15) is 31.4 Å².